The van der Waals surface area contributed by atoms with Crippen LogP contribution in [0.2, 0.25) is 0 Å². The van der Waals surface area contributed by atoms with Crippen molar-refractivity contribution in [2.24, 2.45) is 5.73 Å². The molecule has 0 aliphatic rings. The molecule has 3 N–H and O–H groups in total. The van der Waals surface area contributed by atoms with E-state index in [1.807, 2.05) is 5.32 Å². The molecule has 0 spiro atoms. The van der Waals surface area contributed by atoms with Crippen molar-refractivity contribution in [3.63, 3.8) is 0 Å². The zero-order valence-corrected chi connectivity index (χ0v) is 7.50. The Balaban J connectivity index is 3.80. The number of halogens is 3. The highest BCUT2D eigenvalue weighted by molar-refractivity contribution is 6.76. The third kappa shape index (κ3) is 5.12. The standard InChI is InChI=1S/C4H5Cl3N2O2/c5-4(6,7)3(11)9-1-2(8)10/h1H2,(H2,8,10)(H,9,11). The van der Waals surface area contributed by atoms with Crippen molar-refractivity contribution < 1.29 is 9.59 Å². The Hall–Kier alpha value is -0.190. The Bertz CT molecular complexity index is 177. The summed E-state index contributed by atoms with van der Waals surface area (Å²) in [6, 6.07) is 0. The van der Waals surface area contributed by atoms with E-state index in [9.17, 15) is 9.59 Å². The van der Waals surface area contributed by atoms with Gasteiger partial charge in [0.1, 0.15) is 0 Å². The number of carbonyl (C=O) groups excluding carboxylic acids is 2. The fourth-order valence-corrected chi connectivity index (χ4v) is 0.468. The lowest BCUT2D eigenvalue weighted by Crippen LogP contribution is -2.39. The number of hydrogen-bond donors (Lipinski definition) is 2. The van der Waals surface area contributed by atoms with Crippen LogP contribution >= 0.6 is 34.8 Å². The zero-order valence-electron chi connectivity index (χ0n) is 5.23. The second-order valence-electron chi connectivity index (χ2n) is 1.65. The van der Waals surface area contributed by atoms with Gasteiger partial charge in [-0.25, -0.2) is 0 Å². The molecule has 0 heterocycles. The Morgan fingerprint density at radius 3 is 2.09 bits per heavy atom. The van der Waals surface area contributed by atoms with Crippen molar-refractivity contribution in [3.05, 3.63) is 0 Å². The van der Waals surface area contributed by atoms with E-state index >= 15 is 0 Å². The van der Waals surface area contributed by atoms with Crippen molar-refractivity contribution in [3.8, 4) is 0 Å². The molecule has 0 rings (SSSR count). The molecule has 0 aliphatic heterocycles. The second-order valence-corrected chi connectivity index (χ2v) is 3.93. The molecule has 0 saturated heterocycles. The SMILES string of the molecule is NC(=O)CNC(=O)C(Cl)(Cl)Cl. The van der Waals surface area contributed by atoms with E-state index in [1.165, 1.54) is 0 Å². The molecule has 0 aromatic carbocycles. The molecule has 0 aromatic rings. The number of hydrogen-bond acceptors (Lipinski definition) is 2. The fraction of sp³-hybridized carbons (Fsp3) is 0.500. The molecule has 0 unspecified atom stereocenters. The van der Waals surface area contributed by atoms with Gasteiger partial charge < -0.3 is 11.1 Å². The van der Waals surface area contributed by atoms with E-state index in [2.05, 4.69) is 0 Å². The first kappa shape index (κ1) is 10.8. The second kappa shape index (κ2) is 3.99. The molecule has 0 aliphatic carbocycles. The number of nitrogens with two attached hydrogens (primary N) is 1. The highest BCUT2D eigenvalue weighted by atomic mass is 35.6. The lowest BCUT2D eigenvalue weighted by atomic mass is 10.5. The third-order valence-corrected chi connectivity index (χ3v) is 1.20. The Morgan fingerprint density at radius 2 is 1.82 bits per heavy atom. The normalized spacial score (nSPS) is 10.8. The summed E-state index contributed by atoms with van der Waals surface area (Å²) in [4.78, 5) is 20.8. The number of primary amides is 1. The predicted octanol–water partition coefficient (Wildman–Crippen LogP) is -0.0419. The summed E-state index contributed by atoms with van der Waals surface area (Å²) in [6.45, 7) is -0.341. The van der Waals surface area contributed by atoms with Crippen molar-refractivity contribution in [2.45, 2.75) is 3.79 Å². The van der Waals surface area contributed by atoms with Crippen LogP contribution in [0.3, 0.4) is 0 Å². The summed E-state index contributed by atoms with van der Waals surface area (Å²) in [5.74, 6) is -1.58. The molecule has 0 fully saturated rings. The van der Waals surface area contributed by atoms with Gasteiger partial charge in [0.15, 0.2) is 0 Å². The quantitative estimate of drug-likeness (QED) is 0.640. The van der Waals surface area contributed by atoms with Crippen LogP contribution in [-0.4, -0.2) is 22.2 Å². The first-order chi connectivity index (χ1) is 4.84. The van der Waals surface area contributed by atoms with Gasteiger partial charge in [-0.05, 0) is 0 Å². The van der Waals surface area contributed by atoms with Gasteiger partial charge in [0.25, 0.3) is 9.70 Å². The zero-order chi connectivity index (χ0) is 9.07. The van der Waals surface area contributed by atoms with E-state index in [0.29, 0.717) is 0 Å². The molecule has 64 valence electrons. The van der Waals surface area contributed by atoms with Gasteiger partial charge in [-0.3, -0.25) is 9.59 Å². The topological polar surface area (TPSA) is 72.2 Å². The van der Waals surface area contributed by atoms with Crippen LogP contribution < -0.4 is 11.1 Å². The summed E-state index contributed by atoms with van der Waals surface area (Å²) in [6.07, 6.45) is 0. The first-order valence-corrected chi connectivity index (χ1v) is 3.60. The van der Waals surface area contributed by atoms with Gasteiger partial charge in [0.05, 0.1) is 6.54 Å². The lowest BCUT2D eigenvalue weighted by Gasteiger charge is -2.09. The Kier molecular flexibility index (Phi) is 3.92. The molecule has 0 aromatic heterocycles. The van der Waals surface area contributed by atoms with Crippen LogP contribution in [0.5, 0.6) is 0 Å². The van der Waals surface area contributed by atoms with Crippen molar-refractivity contribution in [2.75, 3.05) is 6.54 Å². The predicted molar refractivity (Wildman–Crippen MR) is 42.5 cm³/mol. The monoisotopic (exact) mass is 218 g/mol. The molecule has 0 radical (unpaired) electrons. The molecule has 0 atom stereocenters. The van der Waals surface area contributed by atoms with Gasteiger partial charge in [-0.1, -0.05) is 34.8 Å². The third-order valence-electron chi connectivity index (χ3n) is 0.681. The first-order valence-electron chi connectivity index (χ1n) is 2.47. The summed E-state index contributed by atoms with van der Waals surface area (Å²) in [5, 5.41) is 2.01. The molecular weight excluding hydrogens is 214 g/mol. The molecule has 4 nitrogen and oxygen atoms in total. The van der Waals surface area contributed by atoms with Gasteiger partial charge in [0.2, 0.25) is 5.91 Å². The molecule has 2 amide bonds. The van der Waals surface area contributed by atoms with Gasteiger partial charge >= 0.3 is 0 Å². The van der Waals surface area contributed by atoms with Crippen molar-refractivity contribution >= 4 is 46.6 Å². The molecule has 7 heteroatoms. The van der Waals surface area contributed by atoms with Gasteiger partial charge in [0, 0.05) is 0 Å². The minimum atomic E-state index is -2.05. The summed E-state index contributed by atoms with van der Waals surface area (Å²) >= 11 is 15.4. The summed E-state index contributed by atoms with van der Waals surface area (Å²) in [5.41, 5.74) is 4.70. The van der Waals surface area contributed by atoms with Crippen LogP contribution in [0.1, 0.15) is 0 Å². The van der Waals surface area contributed by atoms with Crippen LogP contribution in [0, 0.1) is 0 Å². The lowest BCUT2D eigenvalue weighted by molar-refractivity contribution is -0.124. The van der Waals surface area contributed by atoms with E-state index in [0.717, 1.165) is 0 Å². The summed E-state index contributed by atoms with van der Waals surface area (Å²) < 4.78 is -2.05. The highest BCUT2D eigenvalue weighted by Crippen LogP contribution is 2.25. The number of carbonyl (C=O) groups is 2. The van der Waals surface area contributed by atoms with Gasteiger partial charge in [-0.2, -0.15) is 0 Å². The average Bonchev–Trinajstić information content (AvgIpc) is 1.80. The van der Waals surface area contributed by atoms with Gasteiger partial charge in [-0.15, -0.1) is 0 Å². The minimum Gasteiger partial charge on any atom is -0.368 e. The number of amides is 2. The minimum absolute atomic E-state index is 0.341. The number of nitrogens with one attached hydrogen (secondary N) is 1. The van der Waals surface area contributed by atoms with Crippen LogP contribution in [0.4, 0.5) is 0 Å². The van der Waals surface area contributed by atoms with Crippen molar-refractivity contribution in [1.82, 2.24) is 5.32 Å². The maximum absolute atomic E-state index is 10.7. The number of rotatable bonds is 2. The van der Waals surface area contributed by atoms with E-state index in [-0.39, 0.29) is 6.54 Å². The highest BCUT2D eigenvalue weighted by Gasteiger charge is 2.30. The van der Waals surface area contributed by atoms with Crippen molar-refractivity contribution in [1.29, 1.82) is 0 Å². The maximum atomic E-state index is 10.7. The fourth-order valence-electron chi connectivity index (χ4n) is 0.268. The van der Waals surface area contributed by atoms with E-state index in [1.54, 1.807) is 0 Å². The smallest absolute Gasteiger partial charge is 0.272 e. The molecular formula is C4H5Cl3N2O2. The number of alkyl halides is 3. The molecule has 0 saturated carbocycles. The average molecular weight is 219 g/mol. The van der Waals surface area contributed by atoms with E-state index < -0.39 is 15.6 Å². The van der Waals surface area contributed by atoms with Crippen LogP contribution in [-0.2, 0) is 9.59 Å². The molecule has 0 bridgehead atoms. The Labute approximate surface area is 78.0 Å². The van der Waals surface area contributed by atoms with Crippen LogP contribution in [0.25, 0.3) is 0 Å². The largest absolute Gasteiger partial charge is 0.368 e. The Morgan fingerprint density at radius 1 is 1.36 bits per heavy atom. The summed E-state index contributed by atoms with van der Waals surface area (Å²) in [7, 11) is 0. The van der Waals surface area contributed by atoms with Crippen LogP contribution in [0.15, 0.2) is 0 Å². The molecule has 11 heavy (non-hydrogen) atoms. The maximum Gasteiger partial charge on any atom is 0.272 e. The van der Waals surface area contributed by atoms with E-state index in [4.69, 9.17) is 40.5 Å².